The van der Waals surface area contributed by atoms with Gasteiger partial charge >= 0.3 is 0 Å². The van der Waals surface area contributed by atoms with E-state index in [4.69, 9.17) is 0 Å². The normalized spacial score (nSPS) is 13.2. The van der Waals surface area contributed by atoms with Crippen LogP contribution < -0.4 is 10.2 Å². The quantitative estimate of drug-likeness (QED) is 0.434. The van der Waals surface area contributed by atoms with Crippen LogP contribution in [0.4, 0.5) is 10.8 Å². The Hall–Kier alpha value is -2.36. The number of anilines is 2. The Morgan fingerprint density at radius 1 is 1.10 bits per heavy atom. The van der Waals surface area contributed by atoms with Gasteiger partial charge in [0.25, 0.3) is 0 Å². The highest BCUT2D eigenvalue weighted by atomic mass is 32.2. The number of hydrogen-bond donors (Lipinski definition) is 1. The number of fused-ring (bicyclic) bond motifs is 1. The SMILES string of the molecule is O=C(CCN1C(=O)CSc2ccccc21)Nc1nnc(SCc2ccccc2)s1. The van der Waals surface area contributed by atoms with Crippen molar-refractivity contribution in [2.45, 2.75) is 21.4 Å². The highest BCUT2D eigenvalue weighted by Crippen LogP contribution is 2.35. The Bertz CT molecular complexity index is 1010. The summed E-state index contributed by atoms with van der Waals surface area (Å²) < 4.78 is 0.807. The van der Waals surface area contributed by atoms with E-state index < -0.39 is 0 Å². The maximum absolute atomic E-state index is 12.3. The van der Waals surface area contributed by atoms with Crippen molar-refractivity contribution in [1.82, 2.24) is 10.2 Å². The van der Waals surface area contributed by atoms with Gasteiger partial charge in [-0.1, -0.05) is 65.6 Å². The van der Waals surface area contributed by atoms with Crippen LogP contribution >= 0.6 is 34.9 Å². The van der Waals surface area contributed by atoms with Crippen molar-refractivity contribution in [2.75, 3.05) is 22.5 Å². The van der Waals surface area contributed by atoms with Crippen molar-refractivity contribution in [2.24, 2.45) is 0 Å². The van der Waals surface area contributed by atoms with Crippen LogP contribution in [0.2, 0.25) is 0 Å². The minimum atomic E-state index is -0.177. The lowest BCUT2D eigenvalue weighted by Crippen LogP contribution is -2.37. The van der Waals surface area contributed by atoms with Gasteiger partial charge in [0.1, 0.15) is 0 Å². The minimum Gasteiger partial charge on any atom is -0.310 e. The number of carbonyl (C=O) groups is 2. The van der Waals surface area contributed by atoms with E-state index in [0.717, 1.165) is 20.7 Å². The average Bonchev–Trinajstić information content (AvgIpc) is 3.19. The lowest BCUT2D eigenvalue weighted by Gasteiger charge is -2.28. The number of hydrogen-bond acceptors (Lipinski definition) is 7. The molecule has 1 aliphatic rings. The van der Waals surface area contributed by atoms with Crippen LogP contribution in [0.1, 0.15) is 12.0 Å². The van der Waals surface area contributed by atoms with Crippen LogP contribution in [0.15, 0.2) is 63.8 Å². The van der Waals surface area contributed by atoms with Crippen molar-refractivity contribution in [3.8, 4) is 0 Å². The molecule has 2 heterocycles. The molecule has 0 radical (unpaired) electrons. The Morgan fingerprint density at radius 3 is 2.76 bits per heavy atom. The fraction of sp³-hybridized carbons (Fsp3) is 0.200. The summed E-state index contributed by atoms with van der Waals surface area (Å²) in [4.78, 5) is 27.4. The van der Waals surface area contributed by atoms with E-state index >= 15 is 0 Å². The average molecular weight is 443 g/mol. The maximum Gasteiger partial charge on any atom is 0.237 e. The van der Waals surface area contributed by atoms with Gasteiger partial charge in [-0.25, -0.2) is 0 Å². The zero-order valence-corrected chi connectivity index (χ0v) is 17.9. The fourth-order valence-electron chi connectivity index (χ4n) is 2.83. The first kappa shape index (κ1) is 19.9. The summed E-state index contributed by atoms with van der Waals surface area (Å²) in [6.07, 6.45) is 0.205. The van der Waals surface area contributed by atoms with E-state index in [2.05, 4.69) is 27.6 Å². The van der Waals surface area contributed by atoms with E-state index in [1.54, 1.807) is 16.7 Å². The molecule has 1 N–H and O–H groups in total. The predicted molar refractivity (Wildman–Crippen MR) is 119 cm³/mol. The Labute approximate surface area is 181 Å². The van der Waals surface area contributed by atoms with Crippen LogP contribution in [0.25, 0.3) is 0 Å². The van der Waals surface area contributed by atoms with Gasteiger partial charge in [0.2, 0.25) is 16.9 Å². The van der Waals surface area contributed by atoms with Crippen molar-refractivity contribution in [1.29, 1.82) is 0 Å². The first-order valence-corrected chi connectivity index (χ1v) is 11.8. The second kappa shape index (κ2) is 9.43. The third-order valence-corrected chi connectivity index (χ3v) is 7.32. The molecule has 1 aliphatic heterocycles. The van der Waals surface area contributed by atoms with Gasteiger partial charge in [-0.2, -0.15) is 0 Å². The van der Waals surface area contributed by atoms with Crippen molar-refractivity contribution in [3.63, 3.8) is 0 Å². The number of amides is 2. The maximum atomic E-state index is 12.3. The van der Waals surface area contributed by atoms with E-state index in [0.29, 0.717) is 17.4 Å². The van der Waals surface area contributed by atoms with Gasteiger partial charge in [0.15, 0.2) is 4.34 Å². The summed E-state index contributed by atoms with van der Waals surface area (Å²) in [5.74, 6) is 1.05. The van der Waals surface area contributed by atoms with E-state index in [1.165, 1.54) is 28.7 Å². The van der Waals surface area contributed by atoms with Gasteiger partial charge in [-0.15, -0.1) is 22.0 Å². The Kier molecular flexibility index (Phi) is 6.48. The van der Waals surface area contributed by atoms with Crippen molar-refractivity contribution in [3.05, 3.63) is 60.2 Å². The van der Waals surface area contributed by atoms with Gasteiger partial charge in [0.05, 0.1) is 11.4 Å². The molecule has 148 valence electrons. The highest BCUT2D eigenvalue weighted by molar-refractivity contribution is 8.00. The van der Waals surface area contributed by atoms with E-state index in [-0.39, 0.29) is 18.2 Å². The first-order chi connectivity index (χ1) is 14.2. The summed E-state index contributed by atoms with van der Waals surface area (Å²) in [5.41, 5.74) is 2.08. The molecule has 0 aliphatic carbocycles. The van der Waals surface area contributed by atoms with E-state index in [9.17, 15) is 9.59 Å². The predicted octanol–water partition coefficient (Wildman–Crippen LogP) is 4.30. The molecule has 9 heteroatoms. The number of rotatable bonds is 7. The molecule has 6 nitrogen and oxygen atoms in total. The summed E-state index contributed by atoms with van der Waals surface area (Å²) in [6, 6.07) is 17.9. The van der Waals surface area contributed by atoms with Gasteiger partial charge < -0.3 is 10.2 Å². The summed E-state index contributed by atoms with van der Waals surface area (Å²) >= 11 is 4.48. The van der Waals surface area contributed by atoms with Gasteiger partial charge in [-0.3, -0.25) is 9.59 Å². The highest BCUT2D eigenvalue weighted by Gasteiger charge is 2.24. The second-order valence-corrected chi connectivity index (χ2v) is 9.46. The van der Waals surface area contributed by atoms with Crippen LogP contribution in [0, 0.1) is 0 Å². The molecule has 29 heavy (non-hydrogen) atoms. The largest absolute Gasteiger partial charge is 0.310 e. The number of carbonyl (C=O) groups excluding carboxylic acids is 2. The molecule has 0 saturated heterocycles. The number of benzene rings is 2. The number of nitrogens with zero attached hydrogens (tertiary/aromatic N) is 3. The summed E-state index contributed by atoms with van der Waals surface area (Å²) in [6.45, 7) is 0.344. The summed E-state index contributed by atoms with van der Waals surface area (Å²) in [7, 11) is 0. The minimum absolute atomic E-state index is 0.0250. The lowest BCUT2D eigenvalue weighted by atomic mass is 10.2. The number of para-hydroxylation sites is 1. The zero-order valence-electron chi connectivity index (χ0n) is 15.4. The third-order valence-electron chi connectivity index (χ3n) is 4.23. The number of nitrogens with one attached hydrogen (secondary N) is 1. The van der Waals surface area contributed by atoms with Gasteiger partial charge in [0, 0.05) is 23.6 Å². The molecule has 0 saturated carbocycles. The lowest BCUT2D eigenvalue weighted by molar-refractivity contribution is -0.117. The van der Waals surface area contributed by atoms with Crippen LogP contribution in [-0.2, 0) is 15.3 Å². The Balaban J connectivity index is 1.29. The van der Waals surface area contributed by atoms with Crippen LogP contribution in [0.5, 0.6) is 0 Å². The molecule has 0 fully saturated rings. The molecule has 2 aromatic carbocycles. The molecule has 2 amide bonds. The molecular formula is C20H18N4O2S3. The molecule has 0 bridgehead atoms. The van der Waals surface area contributed by atoms with Crippen molar-refractivity contribution < 1.29 is 9.59 Å². The third kappa shape index (κ3) is 5.17. The van der Waals surface area contributed by atoms with Crippen LogP contribution in [-0.4, -0.2) is 34.3 Å². The fourth-order valence-corrected chi connectivity index (χ4v) is 5.49. The Morgan fingerprint density at radius 2 is 1.90 bits per heavy atom. The smallest absolute Gasteiger partial charge is 0.237 e. The first-order valence-electron chi connectivity index (χ1n) is 9.01. The molecule has 3 aromatic rings. The number of thioether (sulfide) groups is 2. The summed E-state index contributed by atoms with van der Waals surface area (Å²) in [5, 5.41) is 11.4. The molecule has 0 spiro atoms. The topological polar surface area (TPSA) is 75.2 Å². The molecule has 1 aromatic heterocycles. The standard InChI is InChI=1S/C20H18N4O2S3/c25-17(10-11-24-15-8-4-5-9-16(15)27-13-18(24)26)21-19-22-23-20(29-19)28-12-14-6-2-1-3-7-14/h1-9H,10-13H2,(H,21,22,25). The van der Waals surface area contributed by atoms with Crippen LogP contribution in [0.3, 0.4) is 0 Å². The monoisotopic (exact) mass is 442 g/mol. The molecule has 4 rings (SSSR count). The molecule has 0 unspecified atom stereocenters. The number of aromatic nitrogens is 2. The molecular weight excluding hydrogens is 424 g/mol. The zero-order chi connectivity index (χ0) is 20.1. The van der Waals surface area contributed by atoms with Gasteiger partial charge in [-0.05, 0) is 17.7 Å². The van der Waals surface area contributed by atoms with E-state index in [1.807, 2.05) is 42.5 Å². The van der Waals surface area contributed by atoms with Crippen molar-refractivity contribution >= 4 is 57.5 Å². The molecule has 0 atom stereocenters. The second-order valence-electron chi connectivity index (χ2n) is 6.25.